The summed E-state index contributed by atoms with van der Waals surface area (Å²) in [5, 5.41) is 4.01. The first-order chi connectivity index (χ1) is 9.16. The normalized spacial score (nSPS) is 10.7. The fourth-order valence-corrected chi connectivity index (χ4v) is 2.42. The minimum absolute atomic E-state index is 0.148. The molecule has 0 aliphatic rings. The van der Waals surface area contributed by atoms with Crippen molar-refractivity contribution in [1.82, 2.24) is 5.32 Å². The van der Waals surface area contributed by atoms with Crippen molar-refractivity contribution in [2.24, 2.45) is 0 Å². The van der Waals surface area contributed by atoms with Crippen LogP contribution >= 0.6 is 27.5 Å². The lowest BCUT2D eigenvalue weighted by Gasteiger charge is -2.08. The molecule has 4 heteroatoms. The maximum Gasteiger partial charge on any atom is 0.126 e. The summed E-state index contributed by atoms with van der Waals surface area (Å²) >= 11 is 9.51. The van der Waals surface area contributed by atoms with E-state index < -0.39 is 0 Å². The molecule has 0 heterocycles. The summed E-state index contributed by atoms with van der Waals surface area (Å²) in [4.78, 5) is 0. The largest absolute Gasteiger partial charge is 0.312 e. The quantitative estimate of drug-likeness (QED) is 0.785. The maximum absolute atomic E-state index is 13.4. The summed E-state index contributed by atoms with van der Waals surface area (Å²) in [5.74, 6) is -0.148. The second-order valence-corrected chi connectivity index (χ2v) is 5.58. The number of halogens is 3. The third-order valence-electron chi connectivity index (χ3n) is 2.85. The Morgan fingerprint density at radius 2 is 1.89 bits per heavy atom. The molecule has 19 heavy (non-hydrogen) atoms. The highest BCUT2D eigenvalue weighted by Crippen LogP contribution is 2.20. The Morgan fingerprint density at radius 1 is 1.11 bits per heavy atom. The Labute approximate surface area is 125 Å². The molecule has 0 aliphatic heterocycles. The van der Waals surface area contributed by atoms with Gasteiger partial charge in [-0.3, -0.25) is 0 Å². The first-order valence-electron chi connectivity index (χ1n) is 6.05. The van der Waals surface area contributed by atoms with Crippen molar-refractivity contribution in [3.8, 4) is 0 Å². The smallest absolute Gasteiger partial charge is 0.126 e. The van der Waals surface area contributed by atoms with Gasteiger partial charge >= 0.3 is 0 Å². The SMILES string of the molecule is Fc1ccccc1CCNCc1cc(Br)ccc1Cl. The predicted octanol–water partition coefficient (Wildman–Crippen LogP) is 4.57. The van der Waals surface area contributed by atoms with E-state index in [4.69, 9.17) is 11.6 Å². The number of rotatable bonds is 5. The van der Waals surface area contributed by atoms with Crippen LogP contribution in [-0.4, -0.2) is 6.54 Å². The van der Waals surface area contributed by atoms with Gasteiger partial charge < -0.3 is 5.32 Å². The van der Waals surface area contributed by atoms with Crippen molar-refractivity contribution in [2.45, 2.75) is 13.0 Å². The fourth-order valence-electron chi connectivity index (χ4n) is 1.83. The lowest BCUT2D eigenvalue weighted by atomic mass is 10.1. The monoisotopic (exact) mass is 341 g/mol. The van der Waals surface area contributed by atoms with Crippen LogP contribution in [0.5, 0.6) is 0 Å². The fraction of sp³-hybridized carbons (Fsp3) is 0.200. The first kappa shape index (κ1) is 14.5. The molecule has 0 amide bonds. The molecular formula is C15H14BrClFN. The van der Waals surface area contributed by atoms with E-state index >= 15 is 0 Å². The molecule has 0 unspecified atom stereocenters. The number of benzene rings is 2. The summed E-state index contributed by atoms with van der Waals surface area (Å²) < 4.78 is 14.4. The molecule has 0 atom stereocenters. The average molecular weight is 343 g/mol. The summed E-state index contributed by atoms with van der Waals surface area (Å²) in [7, 11) is 0. The number of hydrogen-bond acceptors (Lipinski definition) is 1. The van der Waals surface area contributed by atoms with Crippen molar-refractivity contribution < 1.29 is 4.39 Å². The number of hydrogen-bond donors (Lipinski definition) is 1. The second-order valence-electron chi connectivity index (χ2n) is 4.25. The molecule has 0 bridgehead atoms. The van der Waals surface area contributed by atoms with Gasteiger partial charge in [-0.1, -0.05) is 45.7 Å². The van der Waals surface area contributed by atoms with Crippen molar-refractivity contribution in [2.75, 3.05) is 6.54 Å². The third kappa shape index (κ3) is 4.30. The van der Waals surface area contributed by atoms with Crippen LogP contribution in [0.2, 0.25) is 5.02 Å². The molecule has 2 aromatic carbocycles. The minimum atomic E-state index is -0.148. The maximum atomic E-state index is 13.4. The molecule has 2 rings (SSSR count). The van der Waals surface area contributed by atoms with Crippen molar-refractivity contribution in [3.63, 3.8) is 0 Å². The summed E-state index contributed by atoms with van der Waals surface area (Å²) in [6, 6.07) is 12.6. The van der Waals surface area contributed by atoms with Crippen LogP contribution in [0.15, 0.2) is 46.9 Å². The van der Waals surface area contributed by atoms with E-state index in [1.807, 2.05) is 30.3 Å². The molecule has 1 nitrogen and oxygen atoms in total. The van der Waals surface area contributed by atoms with Gasteiger partial charge in [0.05, 0.1) is 0 Å². The highest BCUT2D eigenvalue weighted by molar-refractivity contribution is 9.10. The highest BCUT2D eigenvalue weighted by atomic mass is 79.9. The molecular weight excluding hydrogens is 329 g/mol. The zero-order chi connectivity index (χ0) is 13.7. The lowest BCUT2D eigenvalue weighted by molar-refractivity contribution is 0.598. The number of nitrogens with one attached hydrogen (secondary N) is 1. The van der Waals surface area contributed by atoms with Crippen LogP contribution in [-0.2, 0) is 13.0 Å². The molecule has 2 aromatic rings. The Bertz CT molecular complexity index is 560. The van der Waals surface area contributed by atoms with Crippen molar-refractivity contribution >= 4 is 27.5 Å². The highest BCUT2D eigenvalue weighted by Gasteiger charge is 2.02. The molecule has 0 aromatic heterocycles. The van der Waals surface area contributed by atoms with E-state index in [-0.39, 0.29) is 5.82 Å². The van der Waals surface area contributed by atoms with E-state index in [0.717, 1.165) is 20.6 Å². The third-order valence-corrected chi connectivity index (χ3v) is 3.71. The predicted molar refractivity (Wildman–Crippen MR) is 81.0 cm³/mol. The Balaban J connectivity index is 1.84. The molecule has 100 valence electrons. The van der Waals surface area contributed by atoms with Gasteiger partial charge in [-0.2, -0.15) is 0 Å². The van der Waals surface area contributed by atoms with Crippen LogP contribution in [0.25, 0.3) is 0 Å². The first-order valence-corrected chi connectivity index (χ1v) is 7.22. The summed E-state index contributed by atoms with van der Waals surface area (Å²) in [5.41, 5.74) is 1.76. The summed E-state index contributed by atoms with van der Waals surface area (Å²) in [6.07, 6.45) is 0.665. The van der Waals surface area contributed by atoms with E-state index in [2.05, 4.69) is 21.2 Å². The molecule has 0 saturated carbocycles. The molecule has 0 radical (unpaired) electrons. The Kier molecular flexibility index (Phi) is 5.37. The van der Waals surface area contributed by atoms with Crippen LogP contribution in [0.3, 0.4) is 0 Å². The molecule has 0 spiro atoms. The minimum Gasteiger partial charge on any atom is -0.312 e. The van der Waals surface area contributed by atoms with Crippen LogP contribution in [0.4, 0.5) is 4.39 Å². The van der Waals surface area contributed by atoms with Crippen LogP contribution in [0, 0.1) is 5.82 Å². The van der Waals surface area contributed by atoms with Gasteiger partial charge in [-0.25, -0.2) is 4.39 Å². The topological polar surface area (TPSA) is 12.0 Å². The zero-order valence-electron chi connectivity index (χ0n) is 10.3. The van der Waals surface area contributed by atoms with Crippen LogP contribution in [0.1, 0.15) is 11.1 Å². The van der Waals surface area contributed by atoms with Gasteiger partial charge in [-0.15, -0.1) is 0 Å². The van der Waals surface area contributed by atoms with Gasteiger partial charge in [0.25, 0.3) is 0 Å². The van der Waals surface area contributed by atoms with E-state index in [1.54, 1.807) is 6.07 Å². The van der Waals surface area contributed by atoms with Gasteiger partial charge in [0.15, 0.2) is 0 Å². The van der Waals surface area contributed by atoms with Crippen LogP contribution < -0.4 is 5.32 Å². The standard InChI is InChI=1S/C15H14BrClFN/c16-13-5-6-14(17)12(9-13)10-19-8-7-11-3-1-2-4-15(11)18/h1-6,9,19H,7-8,10H2. The molecule has 0 saturated heterocycles. The van der Waals surface area contributed by atoms with Gasteiger partial charge in [0.2, 0.25) is 0 Å². The van der Waals surface area contributed by atoms with Gasteiger partial charge in [0, 0.05) is 16.0 Å². The van der Waals surface area contributed by atoms with E-state index in [0.29, 0.717) is 19.5 Å². The summed E-state index contributed by atoms with van der Waals surface area (Å²) in [6.45, 7) is 1.39. The average Bonchev–Trinajstić information content (AvgIpc) is 2.40. The van der Waals surface area contributed by atoms with Gasteiger partial charge in [0.1, 0.15) is 5.82 Å². The molecule has 0 fully saturated rings. The van der Waals surface area contributed by atoms with Crippen molar-refractivity contribution in [3.05, 3.63) is 68.9 Å². The van der Waals surface area contributed by atoms with E-state index in [9.17, 15) is 4.39 Å². The Morgan fingerprint density at radius 3 is 2.68 bits per heavy atom. The van der Waals surface area contributed by atoms with Crippen molar-refractivity contribution in [1.29, 1.82) is 0 Å². The molecule has 0 aliphatic carbocycles. The molecule has 1 N–H and O–H groups in total. The zero-order valence-corrected chi connectivity index (χ0v) is 12.6. The lowest BCUT2D eigenvalue weighted by Crippen LogP contribution is -2.17. The Hall–Kier alpha value is -0.900. The van der Waals surface area contributed by atoms with Gasteiger partial charge in [-0.05, 0) is 48.4 Å². The second kappa shape index (κ2) is 7.04. The van der Waals surface area contributed by atoms with E-state index in [1.165, 1.54) is 6.07 Å².